The first-order chi connectivity index (χ1) is 6.15. The Kier molecular flexibility index (Phi) is 4.20. The molecule has 0 heterocycles. The molecule has 2 nitrogen and oxygen atoms in total. The fraction of sp³-hybridized carbons (Fsp3) is 1.00. The van der Waals surface area contributed by atoms with E-state index in [2.05, 4.69) is 31.1 Å². The van der Waals surface area contributed by atoms with Crippen molar-refractivity contribution in [1.82, 2.24) is 10.2 Å². The van der Waals surface area contributed by atoms with Gasteiger partial charge in [-0.05, 0) is 59.7 Å². The molecule has 1 N–H and O–H groups in total. The Morgan fingerprint density at radius 1 is 1.38 bits per heavy atom. The van der Waals surface area contributed by atoms with E-state index >= 15 is 0 Å². The molecule has 0 saturated heterocycles. The van der Waals surface area contributed by atoms with Gasteiger partial charge in [-0.1, -0.05) is 0 Å². The van der Waals surface area contributed by atoms with Crippen LogP contribution in [0.3, 0.4) is 0 Å². The Bertz CT molecular complexity index is 143. The number of nitrogens with one attached hydrogen (secondary N) is 1. The predicted octanol–water partition coefficient (Wildman–Crippen LogP) is 1.71. The quantitative estimate of drug-likeness (QED) is 0.676. The molecule has 0 bridgehead atoms. The minimum Gasteiger partial charge on any atom is -0.317 e. The fourth-order valence-electron chi connectivity index (χ4n) is 1.68. The molecule has 0 spiro atoms. The Labute approximate surface area is 82.7 Å². The summed E-state index contributed by atoms with van der Waals surface area (Å²) in [6.07, 6.45) is 4.16. The van der Waals surface area contributed by atoms with E-state index in [1.54, 1.807) is 0 Å². The van der Waals surface area contributed by atoms with Crippen molar-refractivity contribution in [2.75, 3.05) is 20.6 Å². The molecule has 2 unspecified atom stereocenters. The van der Waals surface area contributed by atoms with Crippen molar-refractivity contribution in [2.45, 2.75) is 45.2 Å². The zero-order valence-electron chi connectivity index (χ0n) is 9.51. The number of nitrogens with zero attached hydrogens (tertiary/aromatic N) is 1. The standard InChI is InChI=1S/C11H24N2/c1-9(12-3)7-8-13(4)10(2)11-5-6-11/h9-12H,5-8H2,1-4H3. The third-order valence-electron chi connectivity index (χ3n) is 3.41. The molecule has 1 fully saturated rings. The summed E-state index contributed by atoms with van der Waals surface area (Å²) in [5.41, 5.74) is 0. The summed E-state index contributed by atoms with van der Waals surface area (Å²) in [7, 11) is 4.29. The van der Waals surface area contributed by atoms with Crippen LogP contribution < -0.4 is 5.32 Å². The zero-order valence-corrected chi connectivity index (χ0v) is 9.51. The molecule has 1 rings (SSSR count). The van der Waals surface area contributed by atoms with E-state index in [1.165, 1.54) is 25.8 Å². The van der Waals surface area contributed by atoms with E-state index in [9.17, 15) is 0 Å². The molecular weight excluding hydrogens is 160 g/mol. The van der Waals surface area contributed by atoms with Crippen LogP contribution in [0.5, 0.6) is 0 Å². The Morgan fingerprint density at radius 3 is 2.46 bits per heavy atom. The summed E-state index contributed by atoms with van der Waals surface area (Å²) in [5.74, 6) is 0.995. The SMILES string of the molecule is CNC(C)CCN(C)C(C)C1CC1. The highest BCUT2D eigenvalue weighted by molar-refractivity contribution is 4.84. The second-order valence-corrected chi connectivity index (χ2v) is 4.54. The summed E-state index contributed by atoms with van der Waals surface area (Å²) in [6, 6.07) is 1.44. The van der Waals surface area contributed by atoms with Crippen LogP contribution in [0.2, 0.25) is 0 Å². The van der Waals surface area contributed by atoms with Gasteiger partial charge in [0.1, 0.15) is 0 Å². The predicted molar refractivity (Wildman–Crippen MR) is 58.0 cm³/mol. The van der Waals surface area contributed by atoms with E-state index < -0.39 is 0 Å². The van der Waals surface area contributed by atoms with Crippen molar-refractivity contribution >= 4 is 0 Å². The van der Waals surface area contributed by atoms with Gasteiger partial charge in [-0.15, -0.1) is 0 Å². The van der Waals surface area contributed by atoms with Gasteiger partial charge in [0.2, 0.25) is 0 Å². The fourth-order valence-corrected chi connectivity index (χ4v) is 1.68. The first-order valence-electron chi connectivity index (χ1n) is 5.52. The second-order valence-electron chi connectivity index (χ2n) is 4.54. The van der Waals surface area contributed by atoms with Crippen molar-refractivity contribution in [3.05, 3.63) is 0 Å². The maximum Gasteiger partial charge on any atom is 0.00921 e. The normalized spacial score (nSPS) is 21.9. The minimum atomic E-state index is 0.647. The summed E-state index contributed by atoms with van der Waals surface area (Å²) in [5, 5.41) is 3.28. The van der Waals surface area contributed by atoms with Gasteiger partial charge < -0.3 is 10.2 Å². The monoisotopic (exact) mass is 184 g/mol. The number of hydrogen-bond acceptors (Lipinski definition) is 2. The molecule has 13 heavy (non-hydrogen) atoms. The van der Waals surface area contributed by atoms with E-state index in [-0.39, 0.29) is 0 Å². The lowest BCUT2D eigenvalue weighted by atomic mass is 10.1. The maximum atomic E-state index is 3.28. The minimum absolute atomic E-state index is 0.647. The van der Waals surface area contributed by atoms with Gasteiger partial charge >= 0.3 is 0 Å². The highest BCUT2D eigenvalue weighted by atomic mass is 15.1. The van der Waals surface area contributed by atoms with E-state index in [0.29, 0.717) is 6.04 Å². The second kappa shape index (κ2) is 4.97. The van der Waals surface area contributed by atoms with Gasteiger partial charge in [0.15, 0.2) is 0 Å². The third kappa shape index (κ3) is 3.65. The topological polar surface area (TPSA) is 15.3 Å². The Balaban J connectivity index is 2.12. The van der Waals surface area contributed by atoms with Crippen LogP contribution in [-0.4, -0.2) is 37.6 Å². The molecule has 78 valence electrons. The molecule has 0 aromatic carbocycles. The summed E-state index contributed by atoms with van der Waals surface area (Å²) >= 11 is 0. The van der Waals surface area contributed by atoms with Crippen LogP contribution in [-0.2, 0) is 0 Å². The Hall–Kier alpha value is -0.0800. The van der Waals surface area contributed by atoms with E-state index in [0.717, 1.165) is 12.0 Å². The van der Waals surface area contributed by atoms with Gasteiger partial charge in [0, 0.05) is 12.1 Å². The molecule has 0 aliphatic heterocycles. The molecule has 1 saturated carbocycles. The highest BCUT2D eigenvalue weighted by Crippen LogP contribution is 2.34. The lowest BCUT2D eigenvalue weighted by Gasteiger charge is -2.25. The molecular formula is C11H24N2. The van der Waals surface area contributed by atoms with Crippen LogP contribution in [0.1, 0.15) is 33.1 Å². The largest absolute Gasteiger partial charge is 0.317 e. The van der Waals surface area contributed by atoms with Crippen molar-refractivity contribution in [1.29, 1.82) is 0 Å². The molecule has 0 aromatic rings. The maximum absolute atomic E-state index is 3.28. The lowest BCUT2D eigenvalue weighted by molar-refractivity contribution is 0.225. The third-order valence-corrected chi connectivity index (χ3v) is 3.41. The van der Waals surface area contributed by atoms with Crippen molar-refractivity contribution < 1.29 is 0 Å². The average molecular weight is 184 g/mol. The van der Waals surface area contributed by atoms with Crippen molar-refractivity contribution in [3.63, 3.8) is 0 Å². The average Bonchev–Trinajstić information content (AvgIpc) is 2.95. The molecule has 2 atom stereocenters. The van der Waals surface area contributed by atoms with Crippen molar-refractivity contribution in [2.24, 2.45) is 5.92 Å². The van der Waals surface area contributed by atoms with Gasteiger partial charge in [-0.3, -0.25) is 0 Å². The molecule has 2 heteroatoms. The van der Waals surface area contributed by atoms with E-state index in [4.69, 9.17) is 0 Å². The smallest absolute Gasteiger partial charge is 0.00921 e. The lowest BCUT2D eigenvalue weighted by Crippen LogP contribution is -2.35. The molecule has 0 amide bonds. The summed E-state index contributed by atoms with van der Waals surface area (Å²) < 4.78 is 0. The van der Waals surface area contributed by atoms with E-state index in [1.807, 2.05) is 7.05 Å². The first-order valence-corrected chi connectivity index (χ1v) is 5.52. The van der Waals surface area contributed by atoms with Crippen LogP contribution in [0.4, 0.5) is 0 Å². The van der Waals surface area contributed by atoms with Gasteiger partial charge in [-0.2, -0.15) is 0 Å². The summed E-state index contributed by atoms with van der Waals surface area (Å²) in [4.78, 5) is 2.51. The molecule has 1 aliphatic carbocycles. The number of rotatable bonds is 6. The zero-order chi connectivity index (χ0) is 9.84. The Morgan fingerprint density at radius 2 is 2.00 bits per heavy atom. The van der Waals surface area contributed by atoms with Crippen LogP contribution in [0.15, 0.2) is 0 Å². The van der Waals surface area contributed by atoms with Crippen LogP contribution in [0.25, 0.3) is 0 Å². The van der Waals surface area contributed by atoms with Gasteiger partial charge in [0.05, 0.1) is 0 Å². The first kappa shape index (κ1) is 11.0. The van der Waals surface area contributed by atoms with Gasteiger partial charge in [-0.25, -0.2) is 0 Å². The van der Waals surface area contributed by atoms with Crippen LogP contribution in [0, 0.1) is 5.92 Å². The number of hydrogen-bond donors (Lipinski definition) is 1. The summed E-state index contributed by atoms with van der Waals surface area (Å²) in [6.45, 7) is 5.83. The molecule has 0 radical (unpaired) electrons. The van der Waals surface area contributed by atoms with Crippen molar-refractivity contribution in [3.8, 4) is 0 Å². The highest BCUT2D eigenvalue weighted by Gasteiger charge is 2.30. The molecule has 0 aromatic heterocycles. The molecule has 1 aliphatic rings. The van der Waals surface area contributed by atoms with Crippen LogP contribution >= 0.6 is 0 Å². The van der Waals surface area contributed by atoms with Gasteiger partial charge in [0.25, 0.3) is 0 Å².